The highest BCUT2D eigenvalue weighted by Crippen LogP contribution is 2.26. The summed E-state index contributed by atoms with van der Waals surface area (Å²) in [4.78, 5) is 25.6. The van der Waals surface area contributed by atoms with E-state index in [2.05, 4.69) is 11.7 Å². The predicted molar refractivity (Wildman–Crippen MR) is 95.5 cm³/mol. The highest BCUT2D eigenvalue weighted by Gasteiger charge is 2.26. The average Bonchev–Trinajstić information content (AvgIpc) is 3.17. The summed E-state index contributed by atoms with van der Waals surface area (Å²) in [6.07, 6.45) is 5.99. The fraction of sp³-hybridized carbons (Fsp3) is 0.316. The van der Waals surface area contributed by atoms with Crippen molar-refractivity contribution in [3.8, 4) is 5.75 Å². The zero-order chi connectivity index (χ0) is 18.5. The van der Waals surface area contributed by atoms with E-state index in [9.17, 15) is 9.59 Å². The summed E-state index contributed by atoms with van der Waals surface area (Å²) in [7, 11) is 0. The van der Waals surface area contributed by atoms with Crippen molar-refractivity contribution in [2.75, 3.05) is 19.7 Å². The first-order chi connectivity index (χ1) is 12.6. The number of likely N-dealkylation sites (tertiary alicyclic amines) is 1. The van der Waals surface area contributed by atoms with Crippen LogP contribution in [-0.2, 0) is 0 Å². The van der Waals surface area contributed by atoms with Gasteiger partial charge in [0.1, 0.15) is 12.4 Å². The first-order valence-corrected chi connectivity index (χ1v) is 8.49. The number of rotatable bonds is 6. The molecule has 0 spiro atoms. The molecule has 0 aliphatic carbocycles. The SMILES string of the molecule is C=CCOc1ccccc1C(=O)N1CCC(n2cc(C(=O)O)cn2)CC1. The van der Waals surface area contributed by atoms with Gasteiger partial charge in [-0.05, 0) is 25.0 Å². The van der Waals surface area contributed by atoms with Crippen LogP contribution in [0.4, 0.5) is 0 Å². The van der Waals surface area contributed by atoms with E-state index in [4.69, 9.17) is 9.84 Å². The number of carboxylic acids is 1. The zero-order valence-electron chi connectivity index (χ0n) is 14.4. The molecule has 0 saturated carbocycles. The molecule has 7 nitrogen and oxygen atoms in total. The number of carbonyl (C=O) groups excluding carboxylic acids is 1. The first-order valence-electron chi connectivity index (χ1n) is 8.49. The van der Waals surface area contributed by atoms with E-state index in [1.54, 1.807) is 34.0 Å². The van der Waals surface area contributed by atoms with E-state index in [-0.39, 0.29) is 17.5 Å². The van der Waals surface area contributed by atoms with Gasteiger partial charge in [0, 0.05) is 19.3 Å². The number of amides is 1. The van der Waals surface area contributed by atoms with E-state index in [1.807, 2.05) is 12.1 Å². The number of ether oxygens (including phenoxy) is 1. The molecule has 1 saturated heterocycles. The van der Waals surface area contributed by atoms with Crippen molar-refractivity contribution < 1.29 is 19.4 Å². The predicted octanol–water partition coefficient (Wildman–Crippen LogP) is 2.62. The summed E-state index contributed by atoms with van der Waals surface area (Å²) in [5.74, 6) is -0.493. The van der Waals surface area contributed by atoms with Crippen LogP contribution in [0.2, 0.25) is 0 Å². The molecule has 0 atom stereocenters. The summed E-state index contributed by atoms with van der Waals surface area (Å²) < 4.78 is 7.27. The highest BCUT2D eigenvalue weighted by atomic mass is 16.5. The number of hydrogen-bond donors (Lipinski definition) is 1. The molecule has 1 N–H and O–H groups in total. The lowest BCUT2D eigenvalue weighted by molar-refractivity contribution is 0.0684. The van der Waals surface area contributed by atoms with Crippen LogP contribution in [0, 0.1) is 0 Å². The monoisotopic (exact) mass is 355 g/mol. The van der Waals surface area contributed by atoms with Gasteiger partial charge in [-0.1, -0.05) is 24.8 Å². The Hall–Kier alpha value is -3.09. The molecular formula is C19H21N3O4. The van der Waals surface area contributed by atoms with Crippen molar-refractivity contribution in [2.24, 2.45) is 0 Å². The molecule has 0 radical (unpaired) electrons. The molecule has 0 unspecified atom stereocenters. The summed E-state index contributed by atoms with van der Waals surface area (Å²) in [5, 5.41) is 13.1. The molecule has 1 fully saturated rings. The molecule has 1 amide bonds. The van der Waals surface area contributed by atoms with Crippen molar-refractivity contribution in [1.29, 1.82) is 0 Å². The summed E-state index contributed by atoms with van der Waals surface area (Å²) in [6.45, 7) is 5.14. The third kappa shape index (κ3) is 3.77. The van der Waals surface area contributed by atoms with Gasteiger partial charge in [-0.25, -0.2) is 4.79 Å². The summed E-state index contributed by atoms with van der Waals surface area (Å²) in [6, 6.07) is 7.29. The molecule has 1 aliphatic heterocycles. The van der Waals surface area contributed by atoms with Gasteiger partial charge in [0.05, 0.1) is 23.4 Å². The number of carbonyl (C=O) groups is 2. The Kier molecular flexibility index (Phi) is 5.36. The summed E-state index contributed by atoms with van der Waals surface area (Å²) >= 11 is 0. The smallest absolute Gasteiger partial charge is 0.338 e. The minimum absolute atomic E-state index is 0.0604. The Morgan fingerprint density at radius 3 is 2.69 bits per heavy atom. The van der Waals surface area contributed by atoms with Crippen molar-refractivity contribution in [3.05, 3.63) is 60.4 Å². The van der Waals surface area contributed by atoms with Crippen molar-refractivity contribution in [2.45, 2.75) is 18.9 Å². The standard InChI is InChI=1S/C19H21N3O4/c1-2-11-26-17-6-4-3-5-16(17)18(23)21-9-7-15(8-10-21)22-13-14(12-20-22)19(24)25/h2-6,12-13,15H,1,7-11H2,(H,24,25). The van der Waals surface area contributed by atoms with Gasteiger partial charge in [0.25, 0.3) is 5.91 Å². The second-order valence-corrected chi connectivity index (χ2v) is 6.13. The Morgan fingerprint density at radius 2 is 2.04 bits per heavy atom. The van der Waals surface area contributed by atoms with Gasteiger partial charge in [0.15, 0.2) is 0 Å². The molecule has 0 bridgehead atoms. The van der Waals surface area contributed by atoms with E-state index >= 15 is 0 Å². The highest BCUT2D eigenvalue weighted by molar-refractivity contribution is 5.97. The minimum atomic E-state index is -0.986. The second-order valence-electron chi connectivity index (χ2n) is 6.13. The van der Waals surface area contributed by atoms with Crippen LogP contribution in [0.3, 0.4) is 0 Å². The second kappa shape index (κ2) is 7.86. The number of piperidine rings is 1. The molecule has 3 rings (SSSR count). The molecule has 26 heavy (non-hydrogen) atoms. The third-order valence-electron chi connectivity index (χ3n) is 4.45. The third-order valence-corrected chi connectivity index (χ3v) is 4.45. The first kappa shape index (κ1) is 17.7. The Bertz CT molecular complexity index is 807. The van der Waals surface area contributed by atoms with Gasteiger partial charge in [-0.2, -0.15) is 5.10 Å². The quantitative estimate of drug-likeness (QED) is 0.805. The fourth-order valence-electron chi connectivity index (χ4n) is 3.07. The summed E-state index contributed by atoms with van der Waals surface area (Å²) in [5.41, 5.74) is 0.719. The molecule has 2 heterocycles. The van der Waals surface area contributed by atoms with Crippen LogP contribution in [0.15, 0.2) is 49.3 Å². The number of benzene rings is 1. The van der Waals surface area contributed by atoms with Crippen LogP contribution in [0.25, 0.3) is 0 Å². The van der Waals surface area contributed by atoms with Gasteiger partial charge in [0.2, 0.25) is 0 Å². The molecule has 1 aliphatic rings. The maximum Gasteiger partial charge on any atom is 0.338 e. The molecular weight excluding hydrogens is 334 g/mol. The lowest BCUT2D eigenvalue weighted by Crippen LogP contribution is -2.39. The largest absolute Gasteiger partial charge is 0.489 e. The fourth-order valence-corrected chi connectivity index (χ4v) is 3.07. The van der Waals surface area contributed by atoms with Crippen molar-refractivity contribution in [3.63, 3.8) is 0 Å². The zero-order valence-corrected chi connectivity index (χ0v) is 14.4. The lowest BCUT2D eigenvalue weighted by Gasteiger charge is -2.32. The van der Waals surface area contributed by atoms with Gasteiger partial charge < -0.3 is 14.7 Å². The van der Waals surface area contributed by atoms with Gasteiger partial charge >= 0.3 is 5.97 Å². The number of carboxylic acid groups (broad SMARTS) is 1. The van der Waals surface area contributed by atoms with Gasteiger partial charge in [-0.3, -0.25) is 9.48 Å². The molecule has 1 aromatic heterocycles. The van der Waals surface area contributed by atoms with E-state index < -0.39 is 5.97 Å². The average molecular weight is 355 g/mol. The Labute approximate surface area is 151 Å². The van der Waals surface area contributed by atoms with Crippen LogP contribution < -0.4 is 4.74 Å². The van der Waals surface area contributed by atoms with Crippen LogP contribution in [0.5, 0.6) is 5.75 Å². The van der Waals surface area contributed by atoms with Crippen LogP contribution in [0.1, 0.15) is 39.6 Å². The number of nitrogens with zero attached hydrogens (tertiary/aromatic N) is 3. The number of hydrogen-bond acceptors (Lipinski definition) is 4. The van der Waals surface area contributed by atoms with Crippen molar-refractivity contribution >= 4 is 11.9 Å². The van der Waals surface area contributed by atoms with E-state index in [1.165, 1.54) is 6.20 Å². The normalized spacial score (nSPS) is 14.8. The number of para-hydroxylation sites is 1. The maximum absolute atomic E-state index is 12.8. The molecule has 1 aromatic carbocycles. The lowest BCUT2D eigenvalue weighted by atomic mass is 10.0. The topological polar surface area (TPSA) is 84.7 Å². The Balaban J connectivity index is 1.65. The molecule has 136 valence electrons. The van der Waals surface area contributed by atoms with Gasteiger partial charge in [-0.15, -0.1) is 0 Å². The van der Waals surface area contributed by atoms with Crippen LogP contribution in [-0.4, -0.2) is 51.4 Å². The van der Waals surface area contributed by atoms with Crippen LogP contribution >= 0.6 is 0 Å². The molecule has 2 aromatic rings. The van der Waals surface area contributed by atoms with E-state index in [0.29, 0.717) is 31.0 Å². The maximum atomic E-state index is 12.8. The minimum Gasteiger partial charge on any atom is -0.489 e. The van der Waals surface area contributed by atoms with E-state index in [0.717, 1.165) is 12.8 Å². The molecule has 7 heteroatoms. The van der Waals surface area contributed by atoms with Crippen molar-refractivity contribution in [1.82, 2.24) is 14.7 Å². The number of aromatic carboxylic acids is 1. The Morgan fingerprint density at radius 1 is 1.31 bits per heavy atom. The number of aromatic nitrogens is 2.